The Balaban J connectivity index is 1.56. The van der Waals surface area contributed by atoms with E-state index in [1.165, 1.54) is 0 Å². The third-order valence-electron chi connectivity index (χ3n) is 6.01. The van der Waals surface area contributed by atoms with Gasteiger partial charge in [0.15, 0.2) is 15.6 Å². The van der Waals surface area contributed by atoms with Crippen molar-refractivity contribution in [2.24, 2.45) is 0 Å². The zero-order valence-electron chi connectivity index (χ0n) is 18.2. The summed E-state index contributed by atoms with van der Waals surface area (Å²) in [5.41, 5.74) is 2.88. The van der Waals surface area contributed by atoms with Crippen LogP contribution in [0.4, 0.5) is 5.69 Å². The van der Waals surface area contributed by atoms with Crippen molar-refractivity contribution < 1.29 is 13.2 Å². The van der Waals surface area contributed by atoms with E-state index in [1.807, 2.05) is 43.3 Å². The van der Waals surface area contributed by atoms with Crippen molar-refractivity contribution in [3.63, 3.8) is 0 Å². The minimum absolute atomic E-state index is 0.0842. The van der Waals surface area contributed by atoms with Crippen molar-refractivity contribution in [2.45, 2.75) is 43.8 Å². The zero-order valence-corrected chi connectivity index (χ0v) is 19.0. The Labute approximate surface area is 180 Å². The van der Waals surface area contributed by atoms with E-state index in [0.717, 1.165) is 24.3 Å². The third-order valence-corrected chi connectivity index (χ3v) is 8.29. The second-order valence-corrected chi connectivity index (χ2v) is 10.2. The Kier molecular flexibility index (Phi) is 7.32. The van der Waals surface area contributed by atoms with Crippen molar-refractivity contribution in [1.82, 2.24) is 4.90 Å². The first-order valence-corrected chi connectivity index (χ1v) is 12.3. The lowest BCUT2D eigenvalue weighted by atomic mass is 10.1. The first-order chi connectivity index (χ1) is 14.3. The lowest BCUT2D eigenvalue weighted by Gasteiger charge is -2.31. The van der Waals surface area contributed by atoms with Gasteiger partial charge in [-0.15, -0.1) is 0 Å². The van der Waals surface area contributed by atoms with E-state index in [1.54, 1.807) is 12.1 Å². The summed E-state index contributed by atoms with van der Waals surface area (Å²) >= 11 is 0. The van der Waals surface area contributed by atoms with Crippen molar-refractivity contribution in [3.8, 4) is 0 Å². The highest BCUT2D eigenvalue weighted by atomic mass is 32.2. The number of nitrogens with zero attached hydrogens (tertiary/aromatic N) is 2. The van der Waals surface area contributed by atoms with Gasteiger partial charge in [-0.05, 0) is 83.1 Å². The van der Waals surface area contributed by atoms with Crippen LogP contribution in [-0.4, -0.2) is 57.1 Å². The van der Waals surface area contributed by atoms with Crippen LogP contribution in [0.25, 0.3) is 0 Å². The molecule has 0 amide bonds. The number of aryl methyl sites for hydroxylation is 1. The van der Waals surface area contributed by atoms with Crippen LogP contribution >= 0.6 is 0 Å². The van der Waals surface area contributed by atoms with Crippen molar-refractivity contribution >= 4 is 21.3 Å². The number of carbonyl (C=O) groups excluding carboxylic acids is 1. The molecule has 0 atom stereocenters. The predicted octanol–water partition coefficient (Wildman–Crippen LogP) is 3.96. The van der Waals surface area contributed by atoms with Gasteiger partial charge in [-0.1, -0.05) is 17.7 Å². The number of rotatable bonds is 8. The van der Waals surface area contributed by atoms with E-state index in [-0.39, 0.29) is 11.0 Å². The standard InChI is InChI=1S/C24H32N2O3S/c1-4-26(5-2)21-10-8-20(9-11-21)24(27)18-25-16-14-23(15-17-25)30(28,29)22-12-6-19(3)7-13-22/h6-13,23H,4-5,14-18H2,1-3H3. The van der Waals surface area contributed by atoms with Crippen LogP contribution < -0.4 is 4.90 Å². The number of sulfone groups is 1. The largest absolute Gasteiger partial charge is 0.372 e. The fourth-order valence-electron chi connectivity index (χ4n) is 4.04. The summed E-state index contributed by atoms with van der Waals surface area (Å²) in [5.74, 6) is 0.0842. The molecule has 0 aliphatic carbocycles. The van der Waals surface area contributed by atoms with Crippen LogP contribution in [0.5, 0.6) is 0 Å². The van der Waals surface area contributed by atoms with Gasteiger partial charge in [0.1, 0.15) is 0 Å². The van der Waals surface area contributed by atoms with Crippen molar-refractivity contribution in [2.75, 3.05) is 37.6 Å². The number of hydrogen-bond donors (Lipinski definition) is 0. The number of piperidine rings is 1. The monoisotopic (exact) mass is 428 g/mol. The highest BCUT2D eigenvalue weighted by Gasteiger charge is 2.31. The first kappa shape index (κ1) is 22.5. The Morgan fingerprint density at radius 1 is 0.967 bits per heavy atom. The Morgan fingerprint density at radius 3 is 2.07 bits per heavy atom. The molecule has 2 aromatic carbocycles. The second kappa shape index (κ2) is 9.75. The number of ketones is 1. The Hall–Kier alpha value is -2.18. The van der Waals surface area contributed by atoms with E-state index < -0.39 is 9.84 Å². The number of hydrogen-bond acceptors (Lipinski definition) is 5. The molecule has 6 heteroatoms. The molecule has 1 aliphatic heterocycles. The minimum atomic E-state index is -3.32. The fraction of sp³-hybridized carbons (Fsp3) is 0.458. The summed E-state index contributed by atoms with van der Waals surface area (Å²) in [4.78, 5) is 17.4. The van der Waals surface area contributed by atoms with E-state index in [4.69, 9.17) is 0 Å². The molecule has 2 aromatic rings. The molecule has 5 nitrogen and oxygen atoms in total. The van der Waals surface area contributed by atoms with Crippen LogP contribution in [0.3, 0.4) is 0 Å². The average molecular weight is 429 g/mol. The van der Waals surface area contributed by atoms with Gasteiger partial charge >= 0.3 is 0 Å². The molecule has 3 rings (SSSR count). The summed E-state index contributed by atoms with van der Waals surface area (Å²) in [6.45, 7) is 9.63. The lowest BCUT2D eigenvalue weighted by Crippen LogP contribution is -2.41. The highest BCUT2D eigenvalue weighted by molar-refractivity contribution is 7.92. The summed E-state index contributed by atoms with van der Waals surface area (Å²) in [6, 6.07) is 14.9. The molecule has 1 heterocycles. The van der Waals surface area contributed by atoms with E-state index in [0.29, 0.717) is 42.9 Å². The van der Waals surface area contributed by atoms with Gasteiger partial charge < -0.3 is 4.90 Å². The maximum atomic E-state index is 12.9. The molecule has 30 heavy (non-hydrogen) atoms. The average Bonchev–Trinajstić information content (AvgIpc) is 2.76. The number of benzene rings is 2. The maximum Gasteiger partial charge on any atom is 0.181 e. The molecule has 0 radical (unpaired) electrons. The zero-order chi connectivity index (χ0) is 21.7. The van der Waals surface area contributed by atoms with Gasteiger partial charge in [0.05, 0.1) is 16.7 Å². The number of anilines is 1. The molecule has 0 spiro atoms. The molecular weight excluding hydrogens is 396 g/mol. The van der Waals surface area contributed by atoms with E-state index in [2.05, 4.69) is 23.6 Å². The van der Waals surface area contributed by atoms with Gasteiger partial charge in [-0.2, -0.15) is 0 Å². The number of carbonyl (C=O) groups is 1. The molecule has 0 bridgehead atoms. The molecule has 0 saturated carbocycles. The SMILES string of the molecule is CCN(CC)c1ccc(C(=O)CN2CCC(S(=O)(=O)c3ccc(C)cc3)CC2)cc1. The third kappa shape index (κ3) is 5.10. The molecule has 1 fully saturated rings. The van der Waals surface area contributed by atoms with Gasteiger partial charge in [-0.3, -0.25) is 9.69 Å². The molecule has 0 unspecified atom stereocenters. The molecule has 1 aliphatic rings. The second-order valence-electron chi connectivity index (χ2n) is 7.98. The topological polar surface area (TPSA) is 57.7 Å². The quantitative estimate of drug-likeness (QED) is 0.596. The summed E-state index contributed by atoms with van der Waals surface area (Å²) in [6.07, 6.45) is 1.12. The fourth-order valence-corrected chi connectivity index (χ4v) is 5.77. The first-order valence-electron chi connectivity index (χ1n) is 10.8. The van der Waals surface area contributed by atoms with Crippen molar-refractivity contribution in [3.05, 3.63) is 59.7 Å². The van der Waals surface area contributed by atoms with Gasteiger partial charge in [-0.25, -0.2) is 8.42 Å². The van der Waals surface area contributed by atoms with E-state index >= 15 is 0 Å². The molecule has 162 valence electrons. The normalized spacial score (nSPS) is 15.8. The van der Waals surface area contributed by atoms with Crippen LogP contribution in [0, 0.1) is 6.92 Å². The molecule has 0 aromatic heterocycles. The van der Waals surface area contributed by atoms with E-state index in [9.17, 15) is 13.2 Å². The summed E-state index contributed by atoms with van der Waals surface area (Å²) < 4.78 is 25.8. The lowest BCUT2D eigenvalue weighted by molar-refractivity contribution is 0.0916. The molecular formula is C24H32N2O3S. The smallest absolute Gasteiger partial charge is 0.181 e. The van der Waals surface area contributed by atoms with Gasteiger partial charge in [0, 0.05) is 24.3 Å². The minimum Gasteiger partial charge on any atom is -0.372 e. The van der Waals surface area contributed by atoms with Gasteiger partial charge in [0.2, 0.25) is 0 Å². The van der Waals surface area contributed by atoms with Crippen LogP contribution in [0.15, 0.2) is 53.4 Å². The molecule has 1 saturated heterocycles. The number of Topliss-reactive ketones (excluding diaryl/α,β-unsaturated/α-hetero) is 1. The van der Waals surface area contributed by atoms with Crippen LogP contribution in [0.2, 0.25) is 0 Å². The highest BCUT2D eigenvalue weighted by Crippen LogP contribution is 2.25. The summed E-state index contributed by atoms with van der Waals surface area (Å²) in [5, 5.41) is -0.375. The maximum absolute atomic E-state index is 12.9. The van der Waals surface area contributed by atoms with Crippen molar-refractivity contribution in [1.29, 1.82) is 0 Å². The van der Waals surface area contributed by atoms with Gasteiger partial charge in [0.25, 0.3) is 0 Å². The molecule has 0 N–H and O–H groups in total. The number of likely N-dealkylation sites (tertiary alicyclic amines) is 1. The van der Waals surface area contributed by atoms with Crippen LogP contribution in [0.1, 0.15) is 42.6 Å². The Morgan fingerprint density at radius 2 is 1.53 bits per heavy atom. The van der Waals surface area contributed by atoms with Crippen LogP contribution in [-0.2, 0) is 9.84 Å². The Bertz CT molecular complexity index is 941. The summed E-state index contributed by atoms with van der Waals surface area (Å²) in [7, 11) is -3.32. The predicted molar refractivity (Wildman–Crippen MR) is 122 cm³/mol.